The molecule has 0 aliphatic heterocycles. The monoisotopic (exact) mass is 250 g/mol. The average Bonchev–Trinajstić information content (AvgIpc) is 2.37. The van der Waals surface area contributed by atoms with Gasteiger partial charge in [0.2, 0.25) is 0 Å². The largest absolute Gasteiger partial charge is 0.496 e. The Balaban J connectivity index is 3.06. The summed E-state index contributed by atoms with van der Waals surface area (Å²) < 4.78 is 15.8. The molecule has 0 heterocycles. The van der Waals surface area contributed by atoms with Gasteiger partial charge in [-0.15, -0.1) is 0 Å². The van der Waals surface area contributed by atoms with Crippen LogP contribution in [0, 0.1) is 0 Å². The fourth-order valence-electron chi connectivity index (χ4n) is 1.40. The molecule has 4 nitrogen and oxygen atoms in total. The van der Waals surface area contributed by atoms with Crippen LogP contribution in [0.1, 0.15) is 24.2 Å². The van der Waals surface area contributed by atoms with Gasteiger partial charge in [-0.05, 0) is 19.9 Å². The van der Waals surface area contributed by atoms with Crippen LogP contribution >= 0.6 is 0 Å². The molecule has 1 aromatic rings. The summed E-state index contributed by atoms with van der Waals surface area (Å²) in [6.07, 6.45) is 2.65. The fourth-order valence-corrected chi connectivity index (χ4v) is 1.40. The molecule has 0 aromatic heterocycles. The Bertz CT molecular complexity index is 445. The van der Waals surface area contributed by atoms with Crippen molar-refractivity contribution in [1.82, 2.24) is 0 Å². The Morgan fingerprint density at radius 1 is 1.17 bits per heavy atom. The Morgan fingerprint density at radius 2 is 1.83 bits per heavy atom. The van der Waals surface area contributed by atoms with E-state index >= 15 is 0 Å². The molecule has 0 saturated heterocycles. The van der Waals surface area contributed by atoms with Crippen molar-refractivity contribution < 1.29 is 19.0 Å². The van der Waals surface area contributed by atoms with Gasteiger partial charge >= 0.3 is 0 Å². The van der Waals surface area contributed by atoms with Crippen LogP contribution in [-0.4, -0.2) is 27.1 Å². The number of rotatable bonds is 6. The van der Waals surface area contributed by atoms with Crippen LogP contribution in [0.5, 0.6) is 17.2 Å². The van der Waals surface area contributed by atoms with E-state index in [1.165, 1.54) is 7.11 Å². The van der Waals surface area contributed by atoms with Crippen molar-refractivity contribution in [2.75, 3.05) is 20.8 Å². The number of carbonyl (C=O) groups excluding carboxylic acids is 1. The van der Waals surface area contributed by atoms with E-state index in [-0.39, 0.29) is 0 Å². The quantitative estimate of drug-likeness (QED) is 0.575. The summed E-state index contributed by atoms with van der Waals surface area (Å²) in [6, 6.07) is 3.32. The third-order valence-corrected chi connectivity index (χ3v) is 2.38. The van der Waals surface area contributed by atoms with Crippen molar-refractivity contribution in [2.24, 2.45) is 0 Å². The number of hydrogen-bond acceptors (Lipinski definition) is 4. The number of benzene rings is 1. The molecule has 0 amide bonds. The van der Waals surface area contributed by atoms with Gasteiger partial charge in [-0.2, -0.15) is 0 Å². The molecule has 0 saturated carbocycles. The lowest BCUT2D eigenvalue weighted by atomic mass is 10.2. The van der Waals surface area contributed by atoms with E-state index in [0.717, 1.165) is 11.9 Å². The molecule has 0 bridgehead atoms. The second-order valence-corrected chi connectivity index (χ2v) is 3.95. The fraction of sp³-hybridized carbons (Fsp3) is 0.357. The molecule has 4 heteroatoms. The summed E-state index contributed by atoms with van der Waals surface area (Å²) in [5.74, 6) is 1.49. The van der Waals surface area contributed by atoms with Gasteiger partial charge in [-0.25, -0.2) is 0 Å². The SMILES string of the molecule is COc1cc(OC)c(C=O)c(OCC=C(C)C)c1. The number of aldehydes is 1. The minimum Gasteiger partial charge on any atom is -0.496 e. The van der Waals surface area contributed by atoms with Gasteiger partial charge in [0.1, 0.15) is 23.9 Å². The van der Waals surface area contributed by atoms with Crippen LogP contribution in [-0.2, 0) is 0 Å². The minimum atomic E-state index is 0.389. The van der Waals surface area contributed by atoms with Crippen LogP contribution in [0.3, 0.4) is 0 Å². The van der Waals surface area contributed by atoms with Crippen molar-refractivity contribution in [3.05, 3.63) is 29.3 Å². The highest BCUT2D eigenvalue weighted by atomic mass is 16.5. The smallest absolute Gasteiger partial charge is 0.157 e. The van der Waals surface area contributed by atoms with Crippen molar-refractivity contribution in [3.63, 3.8) is 0 Å². The zero-order valence-corrected chi connectivity index (χ0v) is 11.1. The van der Waals surface area contributed by atoms with Crippen LogP contribution < -0.4 is 14.2 Å². The lowest BCUT2D eigenvalue weighted by molar-refractivity contribution is 0.111. The molecule has 98 valence electrons. The highest BCUT2D eigenvalue weighted by Crippen LogP contribution is 2.32. The van der Waals surface area contributed by atoms with Gasteiger partial charge in [0.05, 0.1) is 19.8 Å². The topological polar surface area (TPSA) is 44.8 Å². The molecule has 18 heavy (non-hydrogen) atoms. The molecule has 0 radical (unpaired) electrons. The standard InChI is InChI=1S/C14H18O4/c1-10(2)5-6-18-14-8-11(16-3)7-13(17-4)12(14)9-15/h5,7-9H,6H2,1-4H3. The molecule has 0 aliphatic rings. The van der Waals surface area contributed by atoms with Gasteiger partial charge in [-0.3, -0.25) is 4.79 Å². The van der Waals surface area contributed by atoms with Gasteiger partial charge in [0.15, 0.2) is 6.29 Å². The van der Waals surface area contributed by atoms with Crippen molar-refractivity contribution in [1.29, 1.82) is 0 Å². The first-order valence-corrected chi connectivity index (χ1v) is 5.59. The number of carbonyl (C=O) groups is 1. The van der Waals surface area contributed by atoms with Crippen LogP contribution in [0.2, 0.25) is 0 Å². The Labute approximate surface area is 107 Å². The van der Waals surface area contributed by atoms with Gasteiger partial charge < -0.3 is 14.2 Å². The number of ether oxygens (including phenoxy) is 3. The van der Waals surface area contributed by atoms with Crippen molar-refractivity contribution in [2.45, 2.75) is 13.8 Å². The lowest BCUT2D eigenvalue weighted by Gasteiger charge is -2.12. The van der Waals surface area contributed by atoms with Gasteiger partial charge in [0.25, 0.3) is 0 Å². The first-order valence-electron chi connectivity index (χ1n) is 5.59. The first-order chi connectivity index (χ1) is 8.62. The molecule has 1 aromatic carbocycles. The summed E-state index contributed by atoms with van der Waals surface area (Å²) >= 11 is 0. The normalized spacial score (nSPS) is 9.56. The Morgan fingerprint density at radius 3 is 2.33 bits per heavy atom. The summed E-state index contributed by atoms with van der Waals surface area (Å²) in [5.41, 5.74) is 1.54. The second-order valence-electron chi connectivity index (χ2n) is 3.95. The third-order valence-electron chi connectivity index (χ3n) is 2.38. The van der Waals surface area contributed by atoms with Crippen LogP contribution in [0.4, 0.5) is 0 Å². The summed E-state index contributed by atoms with van der Waals surface area (Å²) in [5, 5.41) is 0. The molecule has 0 spiro atoms. The Kier molecular flexibility index (Phi) is 5.24. The molecule has 0 aliphatic carbocycles. The van der Waals surface area contributed by atoms with E-state index in [4.69, 9.17) is 14.2 Å². The minimum absolute atomic E-state index is 0.389. The summed E-state index contributed by atoms with van der Waals surface area (Å²) in [6.45, 7) is 4.37. The molecular formula is C14H18O4. The molecule has 0 unspecified atom stereocenters. The maximum Gasteiger partial charge on any atom is 0.157 e. The Hall–Kier alpha value is -1.97. The van der Waals surface area contributed by atoms with E-state index in [2.05, 4.69) is 0 Å². The van der Waals surface area contributed by atoms with Crippen molar-refractivity contribution >= 4 is 6.29 Å². The van der Waals surface area contributed by atoms with Gasteiger partial charge in [-0.1, -0.05) is 5.57 Å². The highest BCUT2D eigenvalue weighted by molar-refractivity contribution is 5.84. The number of allylic oxidation sites excluding steroid dienone is 1. The van der Waals surface area contributed by atoms with Gasteiger partial charge in [0, 0.05) is 12.1 Å². The summed E-state index contributed by atoms with van der Waals surface area (Å²) in [7, 11) is 3.05. The predicted octanol–water partition coefficient (Wildman–Crippen LogP) is 2.86. The first kappa shape index (κ1) is 14.1. The molecule has 0 atom stereocenters. The molecule has 0 fully saturated rings. The number of hydrogen-bond donors (Lipinski definition) is 0. The maximum atomic E-state index is 11.1. The second kappa shape index (κ2) is 6.69. The molecule has 0 N–H and O–H groups in total. The van der Waals surface area contributed by atoms with Crippen molar-refractivity contribution in [3.8, 4) is 17.2 Å². The lowest BCUT2D eigenvalue weighted by Crippen LogP contribution is -2.01. The van der Waals surface area contributed by atoms with E-state index in [1.54, 1.807) is 19.2 Å². The maximum absolute atomic E-state index is 11.1. The molecule has 1 rings (SSSR count). The zero-order chi connectivity index (χ0) is 13.5. The van der Waals surface area contributed by atoms with E-state index in [0.29, 0.717) is 29.4 Å². The highest BCUT2D eigenvalue weighted by Gasteiger charge is 2.12. The average molecular weight is 250 g/mol. The summed E-state index contributed by atoms with van der Waals surface area (Å²) in [4.78, 5) is 11.1. The van der Waals surface area contributed by atoms with E-state index < -0.39 is 0 Å². The van der Waals surface area contributed by atoms with Crippen LogP contribution in [0.15, 0.2) is 23.8 Å². The zero-order valence-electron chi connectivity index (χ0n) is 11.1. The van der Waals surface area contributed by atoms with Crippen LogP contribution in [0.25, 0.3) is 0 Å². The van der Waals surface area contributed by atoms with E-state index in [1.807, 2.05) is 19.9 Å². The third kappa shape index (κ3) is 3.52. The predicted molar refractivity (Wildman–Crippen MR) is 69.9 cm³/mol. The molecular weight excluding hydrogens is 232 g/mol. The van der Waals surface area contributed by atoms with E-state index in [9.17, 15) is 4.79 Å². The number of methoxy groups -OCH3 is 2.